The van der Waals surface area contributed by atoms with Crippen molar-refractivity contribution in [3.63, 3.8) is 0 Å². The Kier molecular flexibility index (Phi) is 4.18. The molecule has 0 aliphatic carbocycles. The molecule has 1 saturated heterocycles. The minimum Gasteiger partial charge on any atom is -0.358 e. The average molecular weight is 283 g/mol. The zero-order chi connectivity index (χ0) is 13.9. The molecule has 1 aromatic rings. The molecule has 104 valence electrons. The van der Waals surface area contributed by atoms with Gasteiger partial charge in [-0.15, -0.1) is 0 Å². The molecule has 6 nitrogen and oxygen atoms in total. The lowest BCUT2D eigenvalue weighted by molar-refractivity contribution is -0.124. The number of rotatable bonds is 3. The molecule has 1 heterocycles. The Balaban J connectivity index is 2.35. The summed E-state index contributed by atoms with van der Waals surface area (Å²) < 4.78 is 26.3. The van der Waals surface area contributed by atoms with E-state index in [1.807, 2.05) is 0 Å². The minimum absolute atomic E-state index is 0.214. The molecule has 1 fully saturated rings. The zero-order valence-electron chi connectivity index (χ0n) is 10.7. The molecular weight excluding hydrogens is 266 g/mol. The third-order valence-corrected chi connectivity index (χ3v) is 5.02. The van der Waals surface area contributed by atoms with Crippen molar-refractivity contribution in [2.75, 3.05) is 26.7 Å². The molecule has 7 heteroatoms. The van der Waals surface area contributed by atoms with Crippen molar-refractivity contribution in [2.24, 2.45) is 0 Å². The fourth-order valence-electron chi connectivity index (χ4n) is 2.09. The van der Waals surface area contributed by atoms with Gasteiger partial charge in [-0.2, -0.15) is 4.31 Å². The van der Waals surface area contributed by atoms with Crippen LogP contribution in [0.5, 0.6) is 0 Å². The fraction of sp³-hybridized carbons (Fsp3) is 0.417. The maximum absolute atomic E-state index is 12.5. The lowest BCUT2D eigenvalue weighted by atomic mass is 10.2. The number of piperazine rings is 1. The van der Waals surface area contributed by atoms with Crippen molar-refractivity contribution in [1.82, 2.24) is 14.9 Å². The number of benzene rings is 1. The molecule has 1 aromatic carbocycles. The topological polar surface area (TPSA) is 78.5 Å². The lowest BCUT2D eigenvalue weighted by Gasteiger charge is -2.33. The summed E-state index contributed by atoms with van der Waals surface area (Å²) in [7, 11) is -2.13. The third kappa shape index (κ3) is 2.78. The number of hydrogen-bond donors (Lipinski definition) is 2. The van der Waals surface area contributed by atoms with E-state index in [0.29, 0.717) is 13.1 Å². The van der Waals surface area contributed by atoms with E-state index in [4.69, 9.17) is 0 Å². The van der Waals surface area contributed by atoms with Crippen LogP contribution < -0.4 is 10.6 Å². The van der Waals surface area contributed by atoms with Gasteiger partial charge in [-0.3, -0.25) is 4.79 Å². The number of sulfonamides is 1. The Morgan fingerprint density at radius 3 is 2.68 bits per heavy atom. The Bertz CT molecular complexity index is 545. The number of nitrogens with zero attached hydrogens (tertiary/aromatic N) is 1. The van der Waals surface area contributed by atoms with Crippen molar-refractivity contribution in [2.45, 2.75) is 10.9 Å². The summed E-state index contributed by atoms with van der Waals surface area (Å²) in [5, 5.41) is 5.54. The van der Waals surface area contributed by atoms with Gasteiger partial charge in [0.1, 0.15) is 6.04 Å². The van der Waals surface area contributed by atoms with Gasteiger partial charge in [0.15, 0.2) is 0 Å². The summed E-state index contributed by atoms with van der Waals surface area (Å²) >= 11 is 0. The summed E-state index contributed by atoms with van der Waals surface area (Å²) in [6.07, 6.45) is 0. The van der Waals surface area contributed by atoms with E-state index in [1.54, 1.807) is 18.2 Å². The molecule has 1 amide bonds. The van der Waals surface area contributed by atoms with Gasteiger partial charge in [0.2, 0.25) is 15.9 Å². The first-order valence-electron chi connectivity index (χ1n) is 6.06. The molecule has 19 heavy (non-hydrogen) atoms. The number of nitrogens with one attached hydrogen (secondary N) is 2. The van der Waals surface area contributed by atoms with Crippen LogP contribution in [0.15, 0.2) is 35.2 Å². The van der Waals surface area contributed by atoms with Crippen molar-refractivity contribution in [1.29, 1.82) is 0 Å². The molecular formula is C12H17N3O3S. The summed E-state index contributed by atoms with van der Waals surface area (Å²) in [5.41, 5.74) is 0. The molecule has 2 rings (SSSR count). The van der Waals surface area contributed by atoms with Gasteiger partial charge in [-0.1, -0.05) is 18.2 Å². The van der Waals surface area contributed by atoms with Crippen LogP contribution in [0.3, 0.4) is 0 Å². The maximum Gasteiger partial charge on any atom is 0.243 e. The predicted molar refractivity (Wildman–Crippen MR) is 71.1 cm³/mol. The molecule has 0 aromatic heterocycles. The fourth-order valence-corrected chi connectivity index (χ4v) is 3.70. The second kappa shape index (κ2) is 5.68. The van der Waals surface area contributed by atoms with E-state index >= 15 is 0 Å². The van der Waals surface area contributed by atoms with Crippen molar-refractivity contribution in [3.05, 3.63) is 30.3 Å². The second-order valence-corrected chi connectivity index (χ2v) is 6.15. The number of likely N-dealkylation sites (N-methyl/N-ethyl adjacent to an activating group) is 1. The zero-order valence-corrected chi connectivity index (χ0v) is 11.5. The van der Waals surface area contributed by atoms with E-state index in [0.717, 1.165) is 0 Å². The van der Waals surface area contributed by atoms with Crippen LogP contribution in [-0.2, 0) is 14.8 Å². The van der Waals surface area contributed by atoms with Gasteiger partial charge in [0.05, 0.1) is 4.90 Å². The van der Waals surface area contributed by atoms with E-state index in [2.05, 4.69) is 10.6 Å². The Hall–Kier alpha value is -1.44. The Labute approximate surface area is 112 Å². The van der Waals surface area contributed by atoms with Gasteiger partial charge in [-0.25, -0.2) is 8.42 Å². The quantitative estimate of drug-likeness (QED) is 0.776. The standard InChI is InChI=1S/C12H17N3O3S/c1-13-12(16)11-9-14-7-8-15(11)19(17,18)10-5-3-2-4-6-10/h2-6,11,14H,7-9H2,1H3,(H,13,16). The van der Waals surface area contributed by atoms with Crippen LogP contribution in [0.4, 0.5) is 0 Å². The largest absolute Gasteiger partial charge is 0.358 e. The monoisotopic (exact) mass is 283 g/mol. The second-order valence-electron chi connectivity index (χ2n) is 4.26. The van der Waals surface area contributed by atoms with Crippen molar-refractivity contribution >= 4 is 15.9 Å². The number of carbonyl (C=O) groups is 1. The number of carbonyl (C=O) groups excluding carboxylic acids is 1. The molecule has 0 radical (unpaired) electrons. The highest BCUT2D eigenvalue weighted by molar-refractivity contribution is 7.89. The molecule has 2 N–H and O–H groups in total. The molecule has 0 spiro atoms. The smallest absolute Gasteiger partial charge is 0.243 e. The SMILES string of the molecule is CNC(=O)C1CNCCN1S(=O)(=O)c1ccccc1. The molecule has 1 unspecified atom stereocenters. The van der Waals surface area contributed by atoms with Gasteiger partial charge < -0.3 is 10.6 Å². The summed E-state index contributed by atoms with van der Waals surface area (Å²) in [5.74, 6) is -0.299. The highest BCUT2D eigenvalue weighted by Crippen LogP contribution is 2.19. The van der Waals surface area contributed by atoms with Gasteiger partial charge >= 0.3 is 0 Å². The number of hydrogen-bond acceptors (Lipinski definition) is 4. The Morgan fingerprint density at radius 2 is 2.05 bits per heavy atom. The first kappa shape index (κ1) is 14.0. The molecule has 1 aliphatic heterocycles. The first-order valence-corrected chi connectivity index (χ1v) is 7.50. The third-order valence-electron chi connectivity index (χ3n) is 3.09. The minimum atomic E-state index is -3.63. The average Bonchev–Trinajstić information content (AvgIpc) is 2.47. The molecule has 1 aliphatic rings. The van der Waals surface area contributed by atoms with Crippen LogP contribution in [0.2, 0.25) is 0 Å². The molecule has 0 saturated carbocycles. The highest BCUT2D eigenvalue weighted by Gasteiger charge is 2.37. The van der Waals surface area contributed by atoms with Crippen LogP contribution in [-0.4, -0.2) is 51.4 Å². The first-order chi connectivity index (χ1) is 9.07. The van der Waals surface area contributed by atoms with Gasteiger partial charge in [-0.05, 0) is 12.1 Å². The normalized spacial score (nSPS) is 21.0. The van der Waals surface area contributed by atoms with Crippen LogP contribution in [0.25, 0.3) is 0 Å². The van der Waals surface area contributed by atoms with Crippen molar-refractivity contribution < 1.29 is 13.2 Å². The predicted octanol–water partition coefficient (Wildman–Crippen LogP) is -0.605. The van der Waals surface area contributed by atoms with Crippen LogP contribution in [0.1, 0.15) is 0 Å². The van der Waals surface area contributed by atoms with Crippen LogP contribution in [0, 0.1) is 0 Å². The van der Waals surface area contributed by atoms with E-state index < -0.39 is 16.1 Å². The molecule has 0 bridgehead atoms. The summed E-state index contributed by atoms with van der Waals surface area (Å²) in [6.45, 7) is 1.15. The van der Waals surface area contributed by atoms with Gasteiger partial charge in [0.25, 0.3) is 0 Å². The van der Waals surface area contributed by atoms with E-state index in [1.165, 1.54) is 23.5 Å². The highest BCUT2D eigenvalue weighted by atomic mass is 32.2. The van der Waals surface area contributed by atoms with Crippen LogP contribution >= 0.6 is 0 Å². The summed E-state index contributed by atoms with van der Waals surface area (Å²) in [6, 6.07) is 7.47. The Morgan fingerprint density at radius 1 is 1.37 bits per heavy atom. The lowest BCUT2D eigenvalue weighted by Crippen LogP contribution is -2.59. The van der Waals surface area contributed by atoms with Crippen molar-refractivity contribution in [3.8, 4) is 0 Å². The molecule has 1 atom stereocenters. The maximum atomic E-state index is 12.5. The number of amides is 1. The van der Waals surface area contributed by atoms with Gasteiger partial charge in [0, 0.05) is 26.7 Å². The summed E-state index contributed by atoms with van der Waals surface area (Å²) in [4.78, 5) is 12.0. The van der Waals surface area contributed by atoms with E-state index in [-0.39, 0.29) is 17.3 Å². The van der Waals surface area contributed by atoms with E-state index in [9.17, 15) is 13.2 Å².